The highest BCUT2D eigenvalue weighted by Crippen LogP contribution is 2.26. The predicted octanol–water partition coefficient (Wildman–Crippen LogP) is 4.77. The summed E-state index contributed by atoms with van der Waals surface area (Å²) in [6, 6.07) is 21.7. The summed E-state index contributed by atoms with van der Waals surface area (Å²) in [4.78, 5) is 29.5. The van der Waals surface area contributed by atoms with E-state index in [0.29, 0.717) is 17.1 Å². The minimum atomic E-state index is -0.515. The van der Waals surface area contributed by atoms with Crippen molar-refractivity contribution in [3.63, 3.8) is 0 Å². The Morgan fingerprint density at radius 2 is 1.70 bits per heavy atom. The second-order valence-corrected chi connectivity index (χ2v) is 7.21. The van der Waals surface area contributed by atoms with Crippen LogP contribution in [0.4, 0.5) is 0 Å². The normalized spacial score (nSPS) is 11.8. The van der Waals surface area contributed by atoms with Crippen molar-refractivity contribution in [1.29, 1.82) is 0 Å². The number of hydrogen-bond acceptors (Lipinski definition) is 3. The summed E-state index contributed by atoms with van der Waals surface area (Å²) in [6.07, 6.45) is 1.56. The van der Waals surface area contributed by atoms with Crippen molar-refractivity contribution in [3.8, 4) is 11.3 Å². The van der Waals surface area contributed by atoms with E-state index < -0.39 is 11.9 Å². The van der Waals surface area contributed by atoms with Gasteiger partial charge in [0.05, 0.1) is 12.0 Å². The van der Waals surface area contributed by atoms with Gasteiger partial charge in [-0.2, -0.15) is 0 Å². The molecule has 0 spiro atoms. The molecule has 2 aromatic heterocycles. The summed E-state index contributed by atoms with van der Waals surface area (Å²) in [5.74, 6) is 0.135. The van der Waals surface area contributed by atoms with Crippen molar-refractivity contribution in [2.45, 2.75) is 19.9 Å². The molecule has 1 unspecified atom stereocenters. The second-order valence-electron chi connectivity index (χ2n) is 7.21. The van der Waals surface area contributed by atoms with Crippen LogP contribution in [0.1, 0.15) is 39.0 Å². The molecule has 0 aliphatic rings. The Kier molecular flexibility index (Phi) is 5.35. The lowest BCUT2D eigenvalue weighted by Crippen LogP contribution is -2.33. The van der Waals surface area contributed by atoms with Crippen molar-refractivity contribution >= 4 is 5.91 Å². The van der Waals surface area contributed by atoms with E-state index in [1.165, 1.54) is 6.07 Å². The first-order valence-corrected chi connectivity index (χ1v) is 9.73. The molecule has 0 aliphatic carbocycles. The lowest BCUT2D eigenvalue weighted by atomic mass is 9.99. The summed E-state index contributed by atoms with van der Waals surface area (Å²) >= 11 is 0. The minimum Gasteiger partial charge on any atom is -0.467 e. The van der Waals surface area contributed by atoms with Gasteiger partial charge in [0.15, 0.2) is 5.43 Å². The van der Waals surface area contributed by atoms with Crippen LogP contribution < -0.4 is 10.7 Å². The third kappa shape index (κ3) is 3.82. The van der Waals surface area contributed by atoms with Gasteiger partial charge in [0.2, 0.25) is 0 Å². The highest BCUT2D eigenvalue weighted by atomic mass is 16.3. The van der Waals surface area contributed by atoms with Gasteiger partial charge in [0.25, 0.3) is 5.91 Å². The number of pyridine rings is 1. The van der Waals surface area contributed by atoms with Crippen LogP contribution in [-0.2, 0) is 0 Å². The number of aryl methyl sites for hydroxylation is 2. The van der Waals surface area contributed by atoms with Crippen molar-refractivity contribution in [3.05, 3.63) is 117 Å². The molecule has 2 aromatic carbocycles. The van der Waals surface area contributed by atoms with Crippen LogP contribution in [-0.4, -0.2) is 10.9 Å². The number of H-pyrrole nitrogens is 1. The van der Waals surface area contributed by atoms with E-state index in [-0.39, 0.29) is 11.0 Å². The fraction of sp³-hybridized carbons (Fsp3) is 0.120. The molecule has 4 rings (SSSR count). The third-order valence-corrected chi connectivity index (χ3v) is 5.04. The number of hydrogen-bond donors (Lipinski definition) is 2. The van der Waals surface area contributed by atoms with E-state index in [2.05, 4.69) is 10.3 Å². The zero-order valence-corrected chi connectivity index (χ0v) is 16.8. The largest absolute Gasteiger partial charge is 0.467 e. The van der Waals surface area contributed by atoms with Crippen LogP contribution >= 0.6 is 0 Å². The molecule has 1 atom stereocenters. The summed E-state index contributed by atoms with van der Waals surface area (Å²) < 4.78 is 5.57. The molecule has 0 radical (unpaired) electrons. The maximum Gasteiger partial charge on any atom is 0.258 e. The van der Waals surface area contributed by atoms with E-state index in [9.17, 15) is 9.59 Å². The highest BCUT2D eigenvalue weighted by molar-refractivity contribution is 6.00. The van der Waals surface area contributed by atoms with Crippen LogP contribution in [0.5, 0.6) is 0 Å². The first-order chi connectivity index (χ1) is 14.5. The quantitative estimate of drug-likeness (QED) is 0.508. The second kappa shape index (κ2) is 8.25. The average Bonchev–Trinajstić information content (AvgIpc) is 3.27. The minimum absolute atomic E-state index is 0.0855. The van der Waals surface area contributed by atoms with Gasteiger partial charge in [0, 0.05) is 17.3 Å². The van der Waals surface area contributed by atoms with Crippen LogP contribution in [0.3, 0.4) is 0 Å². The molecule has 5 heteroatoms. The Morgan fingerprint density at radius 1 is 0.967 bits per heavy atom. The first-order valence-electron chi connectivity index (χ1n) is 9.73. The van der Waals surface area contributed by atoms with Crippen molar-refractivity contribution in [2.24, 2.45) is 0 Å². The number of benzene rings is 2. The molecule has 0 aliphatic heterocycles. The van der Waals surface area contributed by atoms with E-state index in [0.717, 1.165) is 16.7 Å². The van der Waals surface area contributed by atoms with Crippen molar-refractivity contribution < 1.29 is 9.21 Å². The number of carbonyl (C=O) groups excluding carboxylic acids is 1. The third-order valence-electron chi connectivity index (χ3n) is 5.04. The van der Waals surface area contributed by atoms with Gasteiger partial charge in [-0.15, -0.1) is 0 Å². The Balaban J connectivity index is 1.80. The summed E-state index contributed by atoms with van der Waals surface area (Å²) in [5.41, 5.74) is 3.62. The maximum absolute atomic E-state index is 13.4. The molecule has 0 bridgehead atoms. The predicted molar refractivity (Wildman–Crippen MR) is 116 cm³/mol. The molecule has 2 heterocycles. The van der Waals surface area contributed by atoms with Gasteiger partial charge < -0.3 is 14.7 Å². The van der Waals surface area contributed by atoms with E-state index in [1.54, 1.807) is 25.3 Å². The standard InChI is InChI=1S/C25H22N2O3/c1-16-9-6-7-12-19(16)24-22(20(28)15-17(2)26-24)25(29)27-23(21-13-8-14-30-21)18-10-4-3-5-11-18/h3-15,23H,1-2H3,(H,26,28)(H,27,29). The summed E-state index contributed by atoms with van der Waals surface area (Å²) in [7, 11) is 0. The molecule has 150 valence electrons. The number of aromatic nitrogens is 1. The highest BCUT2D eigenvalue weighted by Gasteiger charge is 2.24. The molecular weight excluding hydrogens is 376 g/mol. The number of carbonyl (C=O) groups is 1. The van der Waals surface area contributed by atoms with E-state index in [4.69, 9.17) is 4.42 Å². The fourth-order valence-electron chi connectivity index (χ4n) is 3.59. The zero-order chi connectivity index (χ0) is 21.1. The molecular formula is C25H22N2O3. The van der Waals surface area contributed by atoms with Gasteiger partial charge in [0.1, 0.15) is 17.4 Å². The Bertz CT molecular complexity index is 1230. The van der Waals surface area contributed by atoms with Crippen molar-refractivity contribution in [2.75, 3.05) is 0 Å². The van der Waals surface area contributed by atoms with Gasteiger partial charge in [-0.3, -0.25) is 9.59 Å². The SMILES string of the molecule is Cc1cc(=O)c(C(=O)NC(c2ccccc2)c2ccco2)c(-c2ccccc2C)[nH]1. The topological polar surface area (TPSA) is 75.1 Å². The van der Waals surface area contributed by atoms with Crippen LogP contribution in [0.2, 0.25) is 0 Å². The van der Waals surface area contributed by atoms with E-state index >= 15 is 0 Å². The maximum atomic E-state index is 13.4. The van der Waals surface area contributed by atoms with Gasteiger partial charge >= 0.3 is 0 Å². The lowest BCUT2D eigenvalue weighted by Gasteiger charge is -2.19. The molecule has 0 fully saturated rings. The van der Waals surface area contributed by atoms with Gasteiger partial charge in [-0.05, 0) is 37.1 Å². The van der Waals surface area contributed by atoms with Crippen molar-refractivity contribution in [1.82, 2.24) is 10.3 Å². The lowest BCUT2D eigenvalue weighted by molar-refractivity contribution is 0.0938. The molecule has 0 saturated carbocycles. The summed E-state index contributed by atoms with van der Waals surface area (Å²) in [6.45, 7) is 3.76. The Hall–Kier alpha value is -3.86. The Morgan fingerprint density at radius 3 is 2.40 bits per heavy atom. The molecule has 1 amide bonds. The Labute approximate surface area is 174 Å². The molecule has 0 saturated heterocycles. The average molecular weight is 398 g/mol. The zero-order valence-electron chi connectivity index (χ0n) is 16.8. The van der Waals surface area contributed by atoms with Crippen LogP contribution in [0.25, 0.3) is 11.3 Å². The van der Waals surface area contributed by atoms with Gasteiger partial charge in [-0.25, -0.2) is 0 Å². The van der Waals surface area contributed by atoms with Crippen LogP contribution in [0, 0.1) is 13.8 Å². The molecule has 4 aromatic rings. The smallest absolute Gasteiger partial charge is 0.258 e. The number of furan rings is 1. The molecule has 5 nitrogen and oxygen atoms in total. The monoisotopic (exact) mass is 398 g/mol. The van der Waals surface area contributed by atoms with E-state index in [1.807, 2.05) is 61.5 Å². The molecule has 30 heavy (non-hydrogen) atoms. The number of aromatic amines is 1. The number of amides is 1. The molecule has 2 N–H and O–H groups in total. The first kappa shape index (κ1) is 19.5. The number of rotatable bonds is 5. The van der Waals surface area contributed by atoms with Gasteiger partial charge in [-0.1, -0.05) is 54.6 Å². The fourth-order valence-corrected chi connectivity index (χ4v) is 3.59. The summed E-state index contributed by atoms with van der Waals surface area (Å²) in [5, 5.41) is 2.99. The van der Waals surface area contributed by atoms with Crippen LogP contribution in [0.15, 0.2) is 88.3 Å². The number of nitrogens with one attached hydrogen (secondary N) is 2.